The summed E-state index contributed by atoms with van der Waals surface area (Å²) in [4.78, 5) is 15.1. The van der Waals surface area contributed by atoms with Gasteiger partial charge in [0.15, 0.2) is 0 Å². The Bertz CT molecular complexity index is 704. The molecule has 0 fully saturated rings. The van der Waals surface area contributed by atoms with E-state index in [0.717, 1.165) is 11.4 Å². The summed E-state index contributed by atoms with van der Waals surface area (Å²) < 4.78 is 0. The first kappa shape index (κ1) is 17.7. The predicted octanol–water partition coefficient (Wildman–Crippen LogP) is 3.13. The Morgan fingerprint density at radius 1 is 1.21 bits per heavy atom. The van der Waals surface area contributed by atoms with Crippen molar-refractivity contribution in [1.82, 2.24) is 4.98 Å². The number of nitrogens with one attached hydrogen (secondary N) is 2. The number of rotatable bonds is 8. The molecule has 3 N–H and O–H groups in total. The van der Waals surface area contributed by atoms with Crippen molar-refractivity contribution in [1.29, 1.82) is 0 Å². The number of non-ortho nitro benzene ring substituents is 1. The molecule has 2 rings (SSSR count). The second-order valence-corrected chi connectivity index (χ2v) is 5.70. The number of aliphatic hydroxyl groups is 1. The summed E-state index contributed by atoms with van der Waals surface area (Å²) in [6.07, 6.45) is 0. The van der Waals surface area contributed by atoms with Gasteiger partial charge in [0.2, 0.25) is 0 Å². The van der Waals surface area contributed by atoms with E-state index >= 15 is 0 Å². The molecule has 7 heteroatoms. The number of benzene rings is 1. The van der Waals surface area contributed by atoms with Gasteiger partial charge in [-0.15, -0.1) is 0 Å². The summed E-state index contributed by atoms with van der Waals surface area (Å²) in [5.74, 6) is 0.338. The number of nitrogens with zero attached hydrogens (tertiary/aromatic N) is 2. The van der Waals surface area contributed by atoms with Crippen LogP contribution in [0.4, 0.5) is 17.1 Å². The minimum absolute atomic E-state index is 0.0101. The zero-order valence-electron chi connectivity index (χ0n) is 13.8. The van der Waals surface area contributed by atoms with E-state index in [1.807, 2.05) is 18.2 Å². The maximum atomic E-state index is 11.0. The van der Waals surface area contributed by atoms with Crippen LogP contribution in [0.15, 0.2) is 36.4 Å². The number of aromatic nitrogens is 1. The monoisotopic (exact) mass is 330 g/mol. The second kappa shape index (κ2) is 8.26. The fourth-order valence-corrected chi connectivity index (χ4v) is 2.24. The SMILES string of the molecule is CC(C)c1cccc(CNc2cc([N+](=O)[O-])ccc2NCCO)n1. The highest BCUT2D eigenvalue weighted by Gasteiger charge is 2.11. The van der Waals surface area contributed by atoms with E-state index < -0.39 is 4.92 Å². The zero-order chi connectivity index (χ0) is 17.5. The maximum absolute atomic E-state index is 11.0. The van der Waals surface area contributed by atoms with Crippen LogP contribution in [0.2, 0.25) is 0 Å². The van der Waals surface area contributed by atoms with Crippen molar-refractivity contribution in [3.05, 3.63) is 57.9 Å². The molecule has 0 spiro atoms. The summed E-state index contributed by atoms with van der Waals surface area (Å²) >= 11 is 0. The van der Waals surface area contributed by atoms with Crippen LogP contribution >= 0.6 is 0 Å². The number of hydrogen-bond donors (Lipinski definition) is 3. The Kier molecular flexibility index (Phi) is 6.08. The predicted molar refractivity (Wildman–Crippen MR) is 94.3 cm³/mol. The molecular weight excluding hydrogens is 308 g/mol. The van der Waals surface area contributed by atoms with Gasteiger partial charge >= 0.3 is 0 Å². The molecule has 1 aromatic heterocycles. The molecule has 1 heterocycles. The molecule has 0 aliphatic rings. The number of nitro benzene ring substituents is 1. The van der Waals surface area contributed by atoms with Gasteiger partial charge in [-0.3, -0.25) is 15.1 Å². The molecule has 0 atom stereocenters. The van der Waals surface area contributed by atoms with Crippen molar-refractivity contribution < 1.29 is 10.0 Å². The number of hydrogen-bond acceptors (Lipinski definition) is 6. The van der Waals surface area contributed by atoms with E-state index in [4.69, 9.17) is 5.11 Å². The van der Waals surface area contributed by atoms with Crippen LogP contribution in [-0.2, 0) is 6.54 Å². The van der Waals surface area contributed by atoms with Gasteiger partial charge in [0.05, 0.1) is 35.1 Å². The Labute approximate surface area is 140 Å². The van der Waals surface area contributed by atoms with E-state index in [1.54, 1.807) is 6.07 Å². The summed E-state index contributed by atoms with van der Waals surface area (Å²) in [6.45, 7) is 4.96. The molecule has 0 bridgehead atoms. The lowest BCUT2D eigenvalue weighted by atomic mass is 10.1. The topological polar surface area (TPSA) is 100 Å². The highest BCUT2D eigenvalue weighted by atomic mass is 16.6. The molecule has 0 aliphatic heterocycles. The first-order valence-electron chi connectivity index (χ1n) is 7.84. The molecule has 1 aromatic carbocycles. The van der Waals surface area contributed by atoms with Gasteiger partial charge in [0.25, 0.3) is 5.69 Å². The number of pyridine rings is 1. The van der Waals surface area contributed by atoms with Crippen LogP contribution in [0.1, 0.15) is 31.2 Å². The van der Waals surface area contributed by atoms with E-state index in [9.17, 15) is 10.1 Å². The summed E-state index contributed by atoms with van der Waals surface area (Å²) in [7, 11) is 0. The van der Waals surface area contributed by atoms with Gasteiger partial charge in [-0.05, 0) is 24.1 Å². The number of aliphatic hydroxyl groups excluding tert-OH is 1. The largest absolute Gasteiger partial charge is 0.395 e. The molecule has 0 saturated carbocycles. The van der Waals surface area contributed by atoms with Crippen molar-refractivity contribution in [3.63, 3.8) is 0 Å². The smallest absolute Gasteiger partial charge is 0.271 e. The molecule has 2 aromatic rings. The summed E-state index contributed by atoms with van der Waals surface area (Å²) in [5, 5.41) is 26.2. The first-order valence-corrected chi connectivity index (χ1v) is 7.84. The minimum Gasteiger partial charge on any atom is -0.395 e. The average Bonchev–Trinajstić information content (AvgIpc) is 2.58. The highest BCUT2D eigenvalue weighted by Crippen LogP contribution is 2.27. The van der Waals surface area contributed by atoms with Gasteiger partial charge < -0.3 is 15.7 Å². The van der Waals surface area contributed by atoms with Gasteiger partial charge in [-0.1, -0.05) is 19.9 Å². The van der Waals surface area contributed by atoms with Crippen molar-refractivity contribution in [2.24, 2.45) is 0 Å². The lowest BCUT2D eigenvalue weighted by Crippen LogP contribution is -2.10. The Morgan fingerprint density at radius 3 is 2.67 bits per heavy atom. The third-order valence-corrected chi connectivity index (χ3v) is 3.52. The van der Waals surface area contributed by atoms with Crippen LogP contribution in [0.5, 0.6) is 0 Å². The molecule has 0 unspecified atom stereocenters. The normalized spacial score (nSPS) is 10.7. The van der Waals surface area contributed by atoms with Crippen molar-refractivity contribution in [3.8, 4) is 0 Å². The third-order valence-electron chi connectivity index (χ3n) is 3.52. The summed E-state index contributed by atoms with van der Waals surface area (Å²) in [5.41, 5.74) is 3.19. The summed E-state index contributed by atoms with van der Waals surface area (Å²) in [6, 6.07) is 10.4. The van der Waals surface area contributed by atoms with Crippen molar-refractivity contribution in [2.45, 2.75) is 26.3 Å². The van der Waals surface area contributed by atoms with Crippen LogP contribution in [0, 0.1) is 10.1 Å². The third kappa shape index (κ3) is 4.66. The maximum Gasteiger partial charge on any atom is 0.271 e. The van der Waals surface area contributed by atoms with E-state index in [2.05, 4.69) is 29.5 Å². The van der Waals surface area contributed by atoms with Crippen LogP contribution < -0.4 is 10.6 Å². The second-order valence-electron chi connectivity index (χ2n) is 5.70. The van der Waals surface area contributed by atoms with E-state index in [1.165, 1.54) is 12.1 Å². The molecule has 0 amide bonds. The van der Waals surface area contributed by atoms with Crippen LogP contribution in [-0.4, -0.2) is 28.2 Å². The quantitative estimate of drug-likeness (QED) is 0.508. The first-order chi connectivity index (χ1) is 11.5. The van der Waals surface area contributed by atoms with E-state index in [0.29, 0.717) is 30.4 Å². The minimum atomic E-state index is -0.432. The molecular formula is C17H22N4O3. The van der Waals surface area contributed by atoms with Crippen LogP contribution in [0.25, 0.3) is 0 Å². The Morgan fingerprint density at radius 2 is 2.00 bits per heavy atom. The molecule has 7 nitrogen and oxygen atoms in total. The molecule has 128 valence electrons. The number of nitro groups is 1. The fraction of sp³-hybridized carbons (Fsp3) is 0.353. The van der Waals surface area contributed by atoms with Gasteiger partial charge in [0, 0.05) is 24.4 Å². The lowest BCUT2D eigenvalue weighted by Gasteiger charge is -2.14. The lowest BCUT2D eigenvalue weighted by molar-refractivity contribution is -0.384. The van der Waals surface area contributed by atoms with Crippen molar-refractivity contribution in [2.75, 3.05) is 23.8 Å². The molecule has 0 aliphatic carbocycles. The van der Waals surface area contributed by atoms with E-state index in [-0.39, 0.29) is 12.3 Å². The van der Waals surface area contributed by atoms with Crippen LogP contribution in [0.3, 0.4) is 0 Å². The Balaban J connectivity index is 2.18. The van der Waals surface area contributed by atoms with Gasteiger partial charge in [0.1, 0.15) is 0 Å². The molecule has 0 saturated heterocycles. The van der Waals surface area contributed by atoms with Crippen molar-refractivity contribution >= 4 is 17.1 Å². The standard InChI is InChI=1S/C17H22N4O3/c1-12(2)15-5-3-4-13(20-15)11-19-17-10-14(21(23)24)6-7-16(17)18-8-9-22/h3-7,10,12,18-19,22H,8-9,11H2,1-2H3. The number of anilines is 2. The molecule has 24 heavy (non-hydrogen) atoms. The highest BCUT2D eigenvalue weighted by molar-refractivity contribution is 5.72. The zero-order valence-corrected chi connectivity index (χ0v) is 13.8. The molecule has 0 radical (unpaired) electrons. The van der Waals surface area contributed by atoms with Gasteiger partial charge in [-0.2, -0.15) is 0 Å². The Hall–Kier alpha value is -2.67. The fourth-order valence-electron chi connectivity index (χ4n) is 2.24. The average molecular weight is 330 g/mol. The van der Waals surface area contributed by atoms with Gasteiger partial charge in [-0.25, -0.2) is 0 Å².